The summed E-state index contributed by atoms with van der Waals surface area (Å²) < 4.78 is 0. The van der Waals surface area contributed by atoms with E-state index in [9.17, 15) is 0 Å². The van der Waals surface area contributed by atoms with Crippen molar-refractivity contribution in [1.82, 2.24) is 0 Å². The summed E-state index contributed by atoms with van der Waals surface area (Å²) in [5, 5.41) is 0. The Hall–Kier alpha value is -0.570. The molecule has 14 heavy (non-hydrogen) atoms. The third-order valence-corrected chi connectivity index (χ3v) is 1.85. The minimum Gasteiger partial charge on any atom is -0.388 e. The maximum absolute atomic E-state index is 5.04. The molecule has 0 aliphatic heterocycles. The monoisotopic (exact) mass is 201 g/mol. The van der Waals surface area contributed by atoms with E-state index in [-0.39, 0.29) is 0 Å². The second kappa shape index (κ2) is 14.9. The average molecular weight is 201 g/mol. The van der Waals surface area contributed by atoms with Gasteiger partial charge in [-0.05, 0) is 13.5 Å². The molecule has 0 heterocycles. The van der Waals surface area contributed by atoms with Gasteiger partial charge in [-0.3, -0.25) is 4.99 Å². The minimum absolute atomic E-state index is 0.630. The average Bonchev–Trinajstić information content (AvgIpc) is 2.22. The standard InChI is InChI=1S/C6H12.C3H8N2.C2H7N/c1-2-4-6-5-3-1;1-3(4)5-2;1-2-3/h1-6H2;1-2H3,(H2,4,5);2-3H2,1H3. The smallest absolute Gasteiger partial charge is 0.0902 e. The molecule has 86 valence electrons. The lowest BCUT2D eigenvalue weighted by molar-refractivity contribution is 0.504. The molecule has 0 spiro atoms. The van der Waals surface area contributed by atoms with Crippen LogP contribution in [0.25, 0.3) is 0 Å². The Bertz CT molecular complexity index is 102. The number of amidine groups is 1. The Labute approximate surface area is 89.0 Å². The van der Waals surface area contributed by atoms with Crippen molar-refractivity contribution in [3.8, 4) is 0 Å². The van der Waals surface area contributed by atoms with Gasteiger partial charge in [0, 0.05) is 7.05 Å². The lowest BCUT2D eigenvalue weighted by Crippen LogP contribution is -2.03. The number of hydrogen-bond donors (Lipinski definition) is 2. The second-order valence-electron chi connectivity index (χ2n) is 3.39. The van der Waals surface area contributed by atoms with E-state index < -0.39 is 0 Å². The molecule has 1 rings (SSSR count). The molecule has 0 aromatic heterocycles. The van der Waals surface area contributed by atoms with E-state index in [1.54, 1.807) is 14.0 Å². The Morgan fingerprint density at radius 1 is 1.07 bits per heavy atom. The van der Waals surface area contributed by atoms with Crippen LogP contribution < -0.4 is 11.5 Å². The largest absolute Gasteiger partial charge is 0.388 e. The summed E-state index contributed by atoms with van der Waals surface area (Å²) in [6, 6.07) is 0. The fourth-order valence-electron chi connectivity index (χ4n) is 1.06. The fourth-order valence-corrected chi connectivity index (χ4v) is 1.06. The van der Waals surface area contributed by atoms with E-state index in [1.807, 2.05) is 6.92 Å². The number of rotatable bonds is 0. The van der Waals surface area contributed by atoms with E-state index in [0.29, 0.717) is 5.84 Å². The van der Waals surface area contributed by atoms with Crippen LogP contribution in [0.2, 0.25) is 0 Å². The van der Waals surface area contributed by atoms with E-state index >= 15 is 0 Å². The summed E-state index contributed by atoms with van der Waals surface area (Å²) in [5.74, 6) is 0.630. The van der Waals surface area contributed by atoms with Crippen molar-refractivity contribution in [3.05, 3.63) is 0 Å². The quantitative estimate of drug-likeness (QED) is 0.466. The fraction of sp³-hybridized carbons (Fsp3) is 0.909. The van der Waals surface area contributed by atoms with Crippen LogP contribution in [0.4, 0.5) is 0 Å². The van der Waals surface area contributed by atoms with Crippen LogP contribution in [0.1, 0.15) is 52.4 Å². The van der Waals surface area contributed by atoms with Gasteiger partial charge in [0.05, 0.1) is 5.84 Å². The third-order valence-electron chi connectivity index (χ3n) is 1.85. The van der Waals surface area contributed by atoms with Crippen LogP contribution in [0.5, 0.6) is 0 Å². The topological polar surface area (TPSA) is 64.4 Å². The van der Waals surface area contributed by atoms with Crippen LogP contribution in [-0.4, -0.2) is 19.4 Å². The number of nitrogens with two attached hydrogens (primary N) is 2. The molecule has 1 saturated carbocycles. The molecule has 3 heteroatoms. The minimum atomic E-state index is 0.630. The molecule has 0 aromatic rings. The summed E-state index contributed by atoms with van der Waals surface area (Å²) in [6.07, 6.45) is 9.00. The Morgan fingerprint density at radius 2 is 1.21 bits per heavy atom. The first-order chi connectivity index (χ1) is 6.68. The predicted octanol–water partition coefficient (Wildman–Crippen LogP) is 2.30. The molecule has 0 bridgehead atoms. The van der Waals surface area contributed by atoms with Crippen molar-refractivity contribution in [2.75, 3.05) is 13.6 Å². The molecule has 1 aliphatic rings. The van der Waals surface area contributed by atoms with Crippen molar-refractivity contribution in [2.45, 2.75) is 52.4 Å². The van der Waals surface area contributed by atoms with Gasteiger partial charge in [0.2, 0.25) is 0 Å². The molecule has 0 amide bonds. The number of nitrogens with zero attached hydrogens (tertiary/aromatic N) is 1. The number of hydrogen-bond acceptors (Lipinski definition) is 2. The molecule has 0 unspecified atom stereocenters. The zero-order chi connectivity index (χ0) is 11.2. The van der Waals surface area contributed by atoms with Gasteiger partial charge in [-0.25, -0.2) is 0 Å². The molecule has 1 aliphatic carbocycles. The van der Waals surface area contributed by atoms with Crippen LogP contribution >= 0.6 is 0 Å². The van der Waals surface area contributed by atoms with E-state index in [2.05, 4.69) is 4.99 Å². The first kappa shape index (κ1) is 15.9. The van der Waals surface area contributed by atoms with E-state index in [1.165, 1.54) is 38.5 Å². The maximum Gasteiger partial charge on any atom is 0.0902 e. The highest BCUT2D eigenvalue weighted by atomic mass is 14.8. The van der Waals surface area contributed by atoms with Crippen molar-refractivity contribution in [1.29, 1.82) is 0 Å². The van der Waals surface area contributed by atoms with Gasteiger partial charge in [-0.1, -0.05) is 45.4 Å². The first-order valence-corrected chi connectivity index (χ1v) is 5.57. The molecule has 1 fully saturated rings. The third kappa shape index (κ3) is 22.5. The summed E-state index contributed by atoms with van der Waals surface area (Å²) in [5.41, 5.74) is 9.89. The molecule has 4 N–H and O–H groups in total. The van der Waals surface area contributed by atoms with Gasteiger partial charge in [-0.15, -0.1) is 0 Å². The normalized spacial score (nSPS) is 15.9. The van der Waals surface area contributed by atoms with Gasteiger partial charge in [0.1, 0.15) is 0 Å². The van der Waals surface area contributed by atoms with Crippen molar-refractivity contribution in [3.63, 3.8) is 0 Å². The van der Waals surface area contributed by atoms with Crippen molar-refractivity contribution < 1.29 is 0 Å². The van der Waals surface area contributed by atoms with E-state index in [4.69, 9.17) is 11.5 Å². The van der Waals surface area contributed by atoms with Crippen LogP contribution in [0, 0.1) is 0 Å². The highest BCUT2D eigenvalue weighted by molar-refractivity contribution is 5.77. The van der Waals surface area contributed by atoms with Crippen LogP contribution in [-0.2, 0) is 0 Å². The maximum atomic E-state index is 5.04. The molecular formula is C11H27N3. The van der Waals surface area contributed by atoms with Crippen molar-refractivity contribution in [2.24, 2.45) is 16.5 Å². The predicted molar refractivity (Wildman–Crippen MR) is 65.7 cm³/mol. The summed E-state index contributed by atoms with van der Waals surface area (Å²) in [4.78, 5) is 3.58. The molecule has 3 nitrogen and oxygen atoms in total. The van der Waals surface area contributed by atoms with Gasteiger partial charge in [0.15, 0.2) is 0 Å². The van der Waals surface area contributed by atoms with Gasteiger partial charge >= 0.3 is 0 Å². The SMILES string of the molecule is C1CCCCC1.CCN.CN=C(C)N. The van der Waals surface area contributed by atoms with Gasteiger partial charge < -0.3 is 11.5 Å². The first-order valence-electron chi connectivity index (χ1n) is 5.57. The lowest BCUT2D eigenvalue weighted by Gasteiger charge is -2.05. The van der Waals surface area contributed by atoms with Crippen molar-refractivity contribution >= 4 is 5.84 Å². The Balaban J connectivity index is 0. The second-order valence-corrected chi connectivity index (χ2v) is 3.39. The summed E-state index contributed by atoms with van der Waals surface area (Å²) in [6.45, 7) is 4.40. The van der Waals surface area contributed by atoms with Crippen LogP contribution in [0.15, 0.2) is 4.99 Å². The zero-order valence-electron chi connectivity index (χ0n) is 10.1. The zero-order valence-corrected chi connectivity index (χ0v) is 10.1. The Kier molecular flexibility index (Phi) is 16.9. The van der Waals surface area contributed by atoms with Gasteiger partial charge in [-0.2, -0.15) is 0 Å². The molecule has 0 aromatic carbocycles. The van der Waals surface area contributed by atoms with E-state index in [0.717, 1.165) is 6.54 Å². The van der Waals surface area contributed by atoms with Gasteiger partial charge in [0.25, 0.3) is 0 Å². The lowest BCUT2D eigenvalue weighted by atomic mass is 10.0. The van der Waals surface area contributed by atoms with Crippen LogP contribution in [0.3, 0.4) is 0 Å². The molecule has 0 radical (unpaired) electrons. The highest BCUT2D eigenvalue weighted by Crippen LogP contribution is 2.15. The molecule has 0 saturated heterocycles. The molecule has 0 atom stereocenters. The molecular weight excluding hydrogens is 174 g/mol. The Morgan fingerprint density at radius 3 is 1.29 bits per heavy atom. The number of aliphatic imine (C=N–C) groups is 1. The summed E-state index contributed by atoms with van der Waals surface area (Å²) in [7, 11) is 1.66. The summed E-state index contributed by atoms with van der Waals surface area (Å²) >= 11 is 0. The highest BCUT2D eigenvalue weighted by Gasteiger charge is 1.95.